The number of nitrogens with one attached hydrogen (secondary N) is 1. The molecule has 0 saturated heterocycles. The summed E-state index contributed by atoms with van der Waals surface area (Å²) in [5.74, 6) is 0. The second kappa shape index (κ2) is 5.51. The molecule has 0 aliphatic carbocycles. The molecule has 16 heavy (non-hydrogen) atoms. The van der Waals surface area contributed by atoms with E-state index in [1.54, 1.807) is 13.0 Å². The van der Waals surface area contributed by atoms with Crippen LogP contribution in [0.25, 0.3) is 0 Å². The minimum absolute atomic E-state index is 0.521. The molecule has 0 radical (unpaired) electrons. The molecule has 6 heteroatoms. The Hall–Kier alpha value is -0.0700. The van der Waals surface area contributed by atoms with E-state index < -0.39 is 18.6 Å². The summed E-state index contributed by atoms with van der Waals surface area (Å²) in [6.45, 7) is 4.17. The van der Waals surface area contributed by atoms with Crippen molar-refractivity contribution in [2.45, 2.75) is 32.5 Å². The van der Waals surface area contributed by atoms with Gasteiger partial charge in [0.2, 0.25) is 0 Å². The Labute approximate surface area is 105 Å². The molecule has 0 fully saturated rings. The van der Waals surface area contributed by atoms with Crippen LogP contribution in [-0.4, -0.2) is 12.7 Å². The molecule has 1 rings (SSSR count). The summed E-state index contributed by atoms with van der Waals surface area (Å²) < 4.78 is 38.1. The lowest BCUT2D eigenvalue weighted by molar-refractivity contribution is -0.140. The summed E-state index contributed by atoms with van der Waals surface area (Å²) >= 11 is 4.75. The fraction of sp³-hybridized carbons (Fsp3) is 0.600. The van der Waals surface area contributed by atoms with Crippen LogP contribution in [0.4, 0.5) is 13.2 Å². The van der Waals surface area contributed by atoms with E-state index in [2.05, 4.69) is 21.2 Å². The van der Waals surface area contributed by atoms with Gasteiger partial charge < -0.3 is 5.32 Å². The standard InChI is InChI=1S/C10H13BrF3NS/c1-3-15-8(5-10(12,13)14)7-4-9(11)16-6(7)2/h4,8,15H,3,5H2,1-2H3. The first kappa shape index (κ1) is 14.0. The molecule has 92 valence electrons. The first-order chi connectivity index (χ1) is 7.33. The van der Waals surface area contributed by atoms with Crippen LogP contribution in [-0.2, 0) is 0 Å². The first-order valence-corrected chi connectivity index (χ1v) is 6.50. The molecule has 0 aliphatic heterocycles. The van der Waals surface area contributed by atoms with Gasteiger partial charge in [-0.1, -0.05) is 6.92 Å². The molecule has 1 unspecified atom stereocenters. The van der Waals surface area contributed by atoms with E-state index in [-0.39, 0.29) is 0 Å². The highest BCUT2D eigenvalue weighted by molar-refractivity contribution is 9.11. The van der Waals surface area contributed by atoms with Crippen LogP contribution < -0.4 is 5.32 Å². The number of hydrogen-bond acceptors (Lipinski definition) is 2. The average Bonchev–Trinajstić information content (AvgIpc) is 2.42. The summed E-state index contributed by atoms with van der Waals surface area (Å²) in [4.78, 5) is 0.919. The Balaban J connectivity index is 2.89. The third-order valence-corrected chi connectivity index (χ3v) is 3.76. The number of thiophene rings is 1. The van der Waals surface area contributed by atoms with Gasteiger partial charge >= 0.3 is 6.18 Å². The molecule has 0 aliphatic rings. The van der Waals surface area contributed by atoms with Crippen LogP contribution in [0.15, 0.2) is 9.85 Å². The highest BCUT2D eigenvalue weighted by Gasteiger charge is 2.33. The van der Waals surface area contributed by atoms with Crippen molar-refractivity contribution in [2.24, 2.45) is 0 Å². The number of alkyl halides is 3. The quantitative estimate of drug-likeness (QED) is 0.867. The maximum absolute atomic E-state index is 12.4. The zero-order valence-corrected chi connectivity index (χ0v) is 11.4. The fourth-order valence-electron chi connectivity index (χ4n) is 1.57. The van der Waals surface area contributed by atoms with Crippen molar-refractivity contribution in [2.75, 3.05) is 6.54 Å². The van der Waals surface area contributed by atoms with Gasteiger partial charge in [-0.2, -0.15) is 13.2 Å². The van der Waals surface area contributed by atoms with Gasteiger partial charge in [-0.05, 0) is 41.0 Å². The van der Waals surface area contributed by atoms with E-state index in [0.717, 1.165) is 14.2 Å². The van der Waals surface area contributed by atoms with Gasteiger partial charge in [-0.15, -0.1) is 11.3 Å². The third kappa shape index (κ3) is 4.07. The van der Waals surface area contributed by atoms with E-state index in [4.69, 9.17) is 0 Å². The van der Waals surface area contributed by atoms with Crippen molar-refractivity contribution in [3.05, 3.63) is 20.3 Å². The van der Waals surface area contributed by atoms with Crippen LogP contribution >= 0.6 is 27.3 Å². The smallest absolute Gasteiger partial charge is 0.310 e. The number of aryl methyl sites for hydroxylation is 1. The minimum atomic E-state index is -4.15. The second-order valence-electron chi connectivity index (χ2n) is 3.49. The molecule has 0 amide bonds. The van der Waals surface area contributed by atoms with Crippen molar-refractivity contribution in [3.8, 4) is 0 Å². The highest BCUT2D eigenvalue weighted by Crippen LogP contribution is 2.36. The lowest BCUT2D eigenvalue weighted by Gasteiger charge is -2.19. The van der Waals surface area contributed by atoms with Gasteiger partial charge in [0.25, 0.3) is 0 Å². The molecule has 1 atom stereocenters. The lowest BCUT2D eigenvalue weighted by atomic mass is 10.0. The van der Waals surface area contributed by atoms with Gasteiger partial charge in [0.05, 0.1) is 10.2 Å². The van der Waals surface area contributed by atoms with Crippen molar-refractivity contribution in [1.82, 2.24) is 5.32 Å². The molecule has 1 nitrogen and oxygen atoms in total. The fourth-order valence-corrected chi connectivity index (χ4v) is 3.35. The van der Waals surface area contributed by atoms with E-state index in [9.17, 15) is 13.2 Å². The third-order valence-electron chi connectivity index (χ3n) is 2.19. The molecule has 1 aromatic rings. The number of halogens is 4. The zero-order valence-electron chi connectivity index (χ0n) is 8.99. The van der Waals surface area contributed by atoms with Gasteiger partial charge in [-0.3, -0.25) is 0 Å². The summed E-state index contributed by atoms with van der Waals surface area (Å²) in [5.41, 5.74) is 0.732. The average molecular weight is 316 g/mol. The summed E-state index contributed by atoms with van der Waals surface area (Å²) in [6, 6.07) is 1.12. The Morgan fingerprint density at radius 1 is 1.50 bits per heavy atom. The van der Waals surface area contributed by atoms with E-state index in [0.29, 0.717) is 6.54 Å². The molecule has 1 heterocycles. The highest BCUT2D eigenvalue weighted by atomic mass is 79.9. The van der Waals surface area contributed by atoms with Crippen LogP contribution in [0, 0.1) is 6.92 Å². The minimum Gasteiger partial charge on any atom is -0.310 e. The van der Waals surface area contributed by atoms with E-state index in [1.807, 2.05) is 6.92 Å². The van der Waals surface area contributed by atoms with Crippen LogP contribution in [0.1, 0.15) is 29.8 Å². The van der Waals surface area contributed by atoms with Gasteiger partial charge in [0, 0.05) is 10.9 Å². The topological polar surface area (TPSA) is 12.0 Å². The Morgan fingerprint density at radius 3 is 2.50 bits per heavy atom. The molecule has 0 spiro atoms. The first-order valence-electron chi connectivity index (χ1n) is 4.89. The largest absolute Gasteiger partial charge is 0.390 e. The van der Waals surface area contributed by atoms with Crippen molar-refractivity contribution in [3.63, 3.8) is 0 Å². The van der Waals surface area contributed by atoms with Crippen LogP contribution in [0.3, 0.4) is 0 Å². The van der Waals surface area contributed by atoms with Crippen LogP contribution in [0.2, 0.25) is 0 Å². The van der Waals surface area contributed by atoms with Gasteiger partial charge in [0.15, 0.2) is 0 Å². The Kier molecular flexibility index (Phi) is 4.82. The maximum Gasteiger partial charge on any atom is 0.390 e. The van der Waals surface area contributed by atoms with Crippen LogP contribution in [0.5, 0.6) is 0 Å². The van der Waals surface area contributed by atoms with Crippen molar-refractivity contribution >= 4 is 27.3 Å². The van der Waals surface area contributed by atoms with E-state index >= 15 is 0 Å². The van der Waals surface area contributed by atoms with Crippen molar-refractivity contribution < 1.29 is 13.2 Å². The van der Waals surface area contributed by atoms with Gasteiger partial charge in [-0.25, -0.2) is 0 Å². The molecule has 1 N–H and O–H groups in total. The lowest BCUT2D eigenvalue weighted by Crippen LogP contribution is -2.26. The second-order valence-corrected chi connectivity index (χ2v) is 6.13. The monoisotopic (exact) mass is 315 g/mol. The summed E-state index contributed by atoms with van der Waals surface area (Å²) in [5, 5.41) is 2.88. The predicted octanol–water partition coefficient (Wildman–Crippen LogP) is 4.42. The Morgan fingerprint density at radius 2 is 2.12 bits per heavy atom. The normalized spacial score (nSPS) is 14.1. The van der Waals surface area contributed by atoms with Gasteiger partial charge in [0.1, 0.15) is 0 Å². The number of hydrogen-bond donors (Lipinski definition) is 1. The molecule has 0 bridgehead atoms. The predicted molar refractivity (Wildman–Crippen MR) is 63.8 cm³/mol. The summed E-state index contributed by atoms with van der Waals surface area (Å²) in [6.07, 6.45) is -4.97. The van der Waals surface area contributed by atoms with E-state index in [1.165, 1.54) is 11.3 Å². The maximum atomic E-state index is 12.4. The molecular formula is C10H13BrF3NS. The zero-order chi connectivity index (χ0) is 12.3. The molecular weight excluding hydrogens is 303 g/mol. The summed E-state index contributed by atoms with van der Waals surface area (Å²) in [7, 11) is 0. The SMILES string of the molecule is CCNC(CC(F)(F)F)c1cc(Br)sc1C. The molecule has 1 aromatic heterocycles. The Bertz CT molecular complexity index is 348. The van der Waals surface area contributed by atoms with Crippen molar-refractivity contribution in [1.29, 1.82) is 0 Å². The number of rotatable bonds is 4. The molecule has 0 saturated carbocycles. The molecule has 0 aromatic carbocycles.